The number of rotatable bonds is 50. The molecule has 0 aliphatic carbocycles. The van der Waals surface area contributed by atoms with Crippen molar-refractivity contribution in [2.45, 2.75) is 297 Å². The SMILES string of the molecule is CCCCCC/C=C\CCCCCCCC(=O)OC[C@@H](COC(=O)CCCCCCC/C=C\CCCCCCCC)OCCCCCCCCCCCCCCCCCC. The lowest BCUT2D eigenvalue weighted by atomic mass is 10.0. The van der Waals surface area contributed by atoms with E-state index in [1.165, 1.54) is 205 Å². The summed E-state index contributed by atoms with van der Waals surface area (Å²) in [5, 5.41) is 0. The van der Waals surface area contributed by atoms with E-state index in [4.69, 9.17) is 14.2 Å². The molecular formula is C55H104O5. The van der Waals surface area contributed by atoms with Crippen LogP contribution >= 0.6 is 0 Å². The Kier molecular flexibility index (Phi) is 50.3. The van der Waals surface area contributed by atoms with Gasteiger partial charge < -0.3 is 14.2 Å². The van der Waals surface area contributed by atoms with Gasteiger partial charge in [0.1, 0.15) is 19.3 Å². The van der Waals surface area contributed by atoms with E-state index in [0.29, 0.717) is 19.4 Å². The highest BCUT2D eigenvalue weighted by molar-refractivity contribution is 5.69. The molecule has 60 heavy (non-hydrogen) atoms. The van der Waals surface area contributed by atoms with Gasteiger partial charge in [-0.1, -0.05) is 231 Å². The Balaban J connectivity index is 4.24. The molecule has 0 N–H and O–H groups in total. The third kappa shape index (κ3) is 49.0. The normalized spacial score (nSPS) is 12.2. The van der Waals surface area contributed by atoms with Crippen molar-refractivity contribution in [2.24, 2.45) is 0 Å². The van der Waals surface area contributed by atoms with Gasteiger partial charge in [0.25, 0.3) is 0 Å². The molecule has 0 radical (unpaired) electrons. The van der Waals surface area contributed by atoms with Crippen molar-refractivity contribution in [3.05, 3.63) is 24.3 Å². The summed E-state index contributed by atoms with van der Waals surface area (Å²) in [4.78, 5) is 25.2. The molecule has 0 saturated heterocycles. The smallest absolute Gasteiger partial charge is 0.305 e. The molecule has 0 heterocycles. The molecule has 0 aliphatic rings. The van der Waals surface area contributed by atoms with E-state index in [9.17, 15) is 9.59 Å². The van der Waals surface area contributed by atoms with Gasteiger partial charge in [-0.3, -0.25) is 9.59 Å². The van der Waals surface area contributed by atoms with Crippen LogP contribution in [-0.4, -0.2) is 37.9 Å². The lowest BCUT2D eigenvalue weighted by molar-refractivity contribution is -0.155. The first-order chi connectivity index (χ1) is 29.6. The Labute approximate surface area is 375 Å². The number of esters is 2. The minimum atomic E-state index is -0.400. The summed E-state index contributed by atoms with van der Waals surface area (Å²) < 4.78 is 17.5. The summed E-state index contributed by atoms with van der Waals surface area (Å²) in [6.45, 7) is 7.74. The molecule has 0 aromatic rings. The van der Waals surface area contributed by atoms with E-state index in [-0.39, 0.29) is 25.2 Å². The second kappa shape index (κ2) is 51.7. The Morgan fingerprint density at radius 2 is 0.583 bits per heavy atom. The average Bonchev–Trinajstić information content (AvgIpc) is 3.25. The first-order valence-corrected chi connectivity index (χ1v) is 26.9. The third-order valence-electron chi connectivity index (χ3n) is 12.0. The summed E-state index contributed by atoms with van der Waals surface area (Å²) in [7, 11) is 0. The Morgan fingerprint density at radius 1 is 0.333 bits per heavy atom. The Hall–Kier alpha value is -1.62. The summed E-state index contributed by atoms with van der Waals surface area (Å²) in [6.07, 6.45) is 60.6. The quantitative estimate of drug-likeness (QED) is 0.0347. The Bertz CT molecular complexity index is 913. The summed E-state index contributed by atoms with van der Waals surface area (Å²) in [5.41, 5.74) is 0. The van der Waals surface area contributed by atoms with Crippen molar-refractivity contribution in [1.29, 1.82) is 0 Å². The highest BCUT2D eigenvalue weighted by atomic mass is 16.6. The Morgan fingerprint density at radius 3 is 0.900 bits per heavy atom. The summed E-state index contributed by atoms with van der Waals surface area (Å²) >= 11 is 0. The zero-order valence-electron chi connectivity index (χ0n) is 40.7. The second-order valence-electron chi connectivity index (χ2n) is 18.1. The second-order valence-corrected chi connectivity index (χ2v) is 18.1. The van der Waals surface area contributed by atoms with Crippen LogP contribution in [0.5, 0.6) is 0 Å². The zero-order chi connectivity index (χ0) is 43.5. The van der Waals surface area contributed by atoms with Crippen molar-refractivity contribution in [3.63, 3.8) is 0 Å². The van der Waals surface area contributed by atoms with Crippen molar-refractivity contribution < 1.29 is 23.8 Å². The van der Waals surface area contributed by atoms with Crippen molar-refractivity contribution >= 4 is 11.9 Å². The van der Waals surface area contributed by atoms with Gasteiger partial charge in [0.05, 0.1) is 0 Å². The molecular weight excluding hydrogens is 741 g/mol. The standard InChI is InChI=1S/C55H104O5/c1-4-7-10-13-16-19-22-25-27-29-32-35-38-41-44-47-50-58-53(51-59-54(56)48-45-42-39-36-33-30-24-21-18-15-12-9-6-3)52-60-55(57)49-46-43-40-37-34-31-28-26-23-20-17-14-11-8-5-2/h21,24,26,28,53H,4-20,22-23,25,27,29-52H2,1-3H3/b24-21-,28-26-/t53-/m0/s1. The lowest BCUT2D eigenvalue weighted by Gasteiger charge is -2.18. The molecule has 0 amide bonds. The van der Waals surface area contributed by atoms with Gasteiger partial charge in [0.2, 0.25) is 0 Å². The molecule has 0 saturated carbocycles. The predicted octanol–water partition coefficient (Wildman–Crippen LogP) is 18.0. The van der Waals surface area contributed by atoms with Crippen molar-refractivity contribution in [3.8, 4) is 0 Å². The van der Waals surface area contributed by atoms with Crippen LogP contribution in [0.2, 0.25) is 0 Å². The molecule has 0 aromatic heterocycles. The molecule has 0 fully saturated rings. The first kappa shape index (κ1) is 58.4. The van der Waals surface area contributed by atoms with E-state index in [2.05, 4.69) is 45.1 Å². The summed E-state index contributed by atoms with van der Waals surface area (Å²) in [5.74, 6) is -0.339. The zero-order valence-corrected chi connectivity index (χ0v) is 40.7. The number of unbranched alkanes of at least 4 members (excludes halogenated alkanes) is 35. The maximum atomic E-state index is 12.6. The van der Waals surface area contributed by atoms with Gasteiger partial charge >= 0.3 is 11.9 Å². The maximum Gasteiger partial charge on any atom is 0.305 e. The van der Waals surface area contributed by atoms with Crippen molar-refractivity contribution in [2.75, 3.05) is 19.8 Å². The van der Waals surface area contributed by atoms with Crippen molar-refractivity contribution in [1.82, 2.24) is 0 Å². The fourth-order valence-electron chi connectivity index (χ4n) is 7.89. The van der Waals surface area contributed by atoms with Gasteiger partial charge in [-0.2, -0.15) is 0 Å². The predicted molar refractivity (Wildman–Crippen MR) is 261 cm³/mol. The van der Waals surface area contributed by atoms with Crippen LogP contribution in [0, 0.1) is 0 Å². The number of hydrogen-bond donors (Lipinski definition) is 0. The molecule has 354 valence electrons. The van der Waals surface area contributed by atoms with E-state index in [0.717, 1.165) is 51.4 Å². The first-order valence-electron chi connectivity index (χ1n) is 26.9. The molecule has 0 aromatic carbocycles. The average molecular weight is 845 g/mol. The van der Waals surface area contributed by atoms with Gasteiger partial charge in [0, 0.05) is 19.4 Å². The largest absolute Gasteiger partial charge is 0.463 e. The van der Waals surface area contributed by atoms with E-state index in [1.807, 2.05) is 0 Å². The molecule has 1 atom stereocenters. The van der Waals surface area contributed by atoms with E-state index < -0.39 is 6.10 Å². The maximum absolute atomic E-state index is 12.6. The van der Waals surface area contributed by atoms with Gasteiger partial charge in [0.15, 0.2) is 0 Å². The molecule has 0 bridgehead atoms. The molecule has 5 nitrogen and oxygen atoms in total. The number of carbonyl (C=O) groups is 2. The third-order valence-corrected chi connectivity index (χ3v) is 12.0. The fraction of sp³-hybridized carbons (Fsp3) is 0.891. The minimum absolute atomic E-state index is 0.156. The van der Waals surface area contributed by atoms with E-state index in [1.54, 1.807) is 0 Å². The van der Waals surface area contributed by atoms with Crippen LogP contribution in [-0.2, 0) is 23.8 Å². The van der Waals surface area contributed by atoms with Gasteiger partial charge in [-0.05, 0) is 70.6 Å². The van der Waals surface area contributed by atoms with E-state index >= 15 is 0 Å². The van der Waals surface area contributed by atoms with Crippen LogP contribution < -0.4 is 0 Å². The van der Waals surface area contributed by atoms with Crippen LogP contribution in [0.3, 0.4) is 0 Å². The molecule has 0 spiro atoms. The number of hydrogen-bond acceptors (Lipinski definition) is 5. The number of ether oxygens (including phenoxy) is 3. The highest BCUT2D eigenvalue weighted by Crippen LogP contribution is 2.16. The molecule has 0 aliphatic heterocycles. The molecule has 5 heteroatoms. The summed E-state index contributed by atoms with van der Waals surface area (Å²) in [6, 6.07) is 0. The minimum Gasteiger partial charge on any atom is -0.463 e. The van der Waals surface area contributed by atoms with Crippen LogP contribution in [0.15, 0.2) is 24.3 Å². The molecule has 0 unspecified atom stereocenters. The monoisotopic (exact) mass is 845 g/mol. The molecule has 0 rings (SSSR count). The van der Waals surface area contributed by atoms with Crippen LogP contribution in [0.4, 0.5) is 0 Å². The van der Waals surface area contributed by atoms with Crippen LogP contribution in [0.1, 0.15) is 290 Å². The highest BCUT2D eigenvalue weighted by Gasteiger charge is 2.16. The van der Waals surface area contributed by atoms with Gasteiger partial charge in [-0.15, -0.1) is 0 Å². The van der Waals surface area contributed by atoms with Gasteiger partial charge in [-0.25, -0.2) is 0 Å². The number of carbonyl (C=O) groups excluding carboxylic acids is 2. The topological polar surface area (TPSA) is 61.8 Å². The fourth-order valence-corrected chi connectivity index (χ4v) is 7.89. The lowest BCUT2D eigenvalue weighted by Crippen LogP contribution is -2.29. The number of allylic oxidation sites excluding steroid dienone is 4. The van der Waals surface area contributed by atoms with Crippen LogP contribution in [0.25, 0.3) is 0 Å².